The van der Waals surface area contributed by atoms with Gasteiger partial charge in [-0.25, -0.2) is 4.39 Å². The lowest BCUT2D eigenvalue weighted by Gasteiger charge is -2.11. The minimum Gasteiger partial charge on any atom is -0.493 e. The summed E-state index contributed by atoms with van der Waals surface area (Å²) in [6.07, 6.45) is 0.240. The maximum Gasteiger partial charge on any atom is 0.227 e. The maximum absolute atomic E-state index is 13.0. The van der Waals surface area contributed by atoms with Crippen molar-refractivity contribution in [2.24, 2.45) is 0 Å². The van der Waals surface area contributed by atoms with Gasteiger partial charge in [0.1, 0.15) is 11.6 Å². The Morgan fingerprint density at radius 2 is 1.86 bits per heavy atom. The first-order valence-electron chi connectivity index (χ1n) is 7.22. The lowest BCUT2D eigenvalue weighted by molar-refractivity contribution is -0.116. The summed E-state index contributed by atoms with van der Waals surface area (Å²) in [7, 11) is 0. The number of halogens is 1. The van der Waals surface area contributed by atoms with Crippen LogP contribution < -0.4 is 10.1 Å². The van der Waals surface area contributed by atoms with E-state index in [0.29, 0.717) is 17.9 Å². The van der Waals surface area contributed by atoms with Gasteiger partial charge in [0, 0.05) is 5.69 Å². The van der Waals surface area contributed by atoms with Crippen molar-refractivity contribution in [3.05, 3.63) is 58.9 Å². The lowest BCUT2D eigenvalue weighted by Crippen LogP contribution is -2.16. The van der Waals surface area contributed by atoms with E-state index in [4.69, 9.17) is 4.74 Å². The highest BCUT2D eigenvalue weighted by Crippen LogP contribution is 2.19. The molecule has 0 spiro atoms. The second-order valence-corrected chi connectivity index (χ2v) is 5.37. The number of amides is 1. The third-order valence-corrected chi connectivity index (χ3v) is 3.39. The van der Waals surface area contributed by atoms with Crippen LogP contribution in [0.4, 0.5) is 10.1 Å². The molecule has 1 amide bonds. The van der Waals surface area contributed by atoms with Crippen molar-refractivity contribution in [3.63, 3.8) is 0 Å². The van der Waals surface area contributed by atoms with E-state index in [0.717, 1.165) is 16.9 Å². The smallest absolute Gasteiger partial charge is 0.227 e. The first-order chi connectivity index (χ1) is 10.5. The molecular weight excluding hydrogens is 281 g/mol. The van der Waals surface area contributed by atoms with E-state index in [2.05, 4.69) is 5.32 Å². The van der Waals surface area contributed by atoms with Gasteiger partial charge in [0.15, 0.2) is 0 Å². The summed E-state index contributed by atoms with van der Waals surface area (Å²) in [6, 6.07) is 10.3. The summed E-state index contributed by atoms with van der Waals surface area (Å²) in [4.78, 5) is 11.9. The highest BCUT2D eigenvalue weighted by molar-refractivity contribution is 5.91. The predicted octanol–water partition coefficient (Wildman–Crippen LogP) is 4.16. The number of carbonyl (C=O) groups is 1. The Balaban J connectivity index is 1.86. The maximum atomic E-state index is 13.0. The number of ether oxygens (including phenoxy) is 1. The molecular formula is C18H20FNO2. The van der Waals surface area contributed by atoms with Gasteiger partial charge in [0.25, 0.3) is 0 Å². The fourth-order valence-corrected chi connectivity index (χ4v) is 2.10. The Kier molecular flexibility index (Phi) is 5.15. The zero-order valence-corrected chi connectivity index (χ0v) is 13.1. The molecule has 0 radical (unpaired) electrons. The summed E-state index contributed by atoms with van der Waals surface area (Å²) >= 11 is 0. The largest absolute Gasteiger partial charge is 0.493 e. The number of benzene rings is 2. The summed E-state index contributed by atoms with van der Waals surface area (Å²) < 4.78 is 18.7. The molecule has 4 heteroatoms. The van der Waals surface area contributed by atoms with Crippen LogP contribution in [0.1, 0.15) is 23.1 Å². The Morgan fingerprint density at radius 1 is 1.09 bits per heavy atom. The van der Waals surface area contributed by atoms with Gasteiger partial charge in [-0.3, -0.25) is 4.79 Å². The SMILES string of the molecule is Cc1ccc(C)c(OCCC(=O)Nc2ccc(F)cc2C)c1. The molecule has 0 aliphatic heterocycles. The Bertz CT molecular complexity index is 683. The summed E-state index contributed by atoms with van der Waals surface area (Å²) in [6.45, 7) is 6.02. The Hall–Kier alpha value is -2.36. The number of hydrogen-bond acceptors (Lipinski definition) is 2. The van der Waals surface area contributed by atoms with E-state index in [1.54, 1.807) is 13.0 Å². The summed E-state index contributed by atoms with van der Waals surface area (Å²) in [5.74, 6) is 0.333. The molecule has 1 N–H and O–H groups in total. The van der Waals surface area contributed by atoms with Crippen LogP contribution in [-0.2, 0) is 4.79 Å². The molecule has 0 unspecified atom stereocenters. The fourth-order valence-electron chi connectivity index (χ4n) is 2.10. The standard InChI is InChI=1S/C18H20FNO2/c1-12-4-5-13(2)17(10-12)22-9-8-18(21)20-16-7-6-15(19)11-14(16)3/h4-7,10-11H,8-9H2,1-3H3,(H,20,21). The third-order valence-electron chi connectivity index (χ3n) is 3.39. The van der Waals surface area contributed by atoms with Gasteiger partial charge in [-0.05, 0) is 61.7 Å². The van der Waals surface area contributed by atoms with Gasteiger partial charge in [0.2, 0.25) is 5.91 Å². The first-order valence-corrected chi connectivity index (χ1v) is 7.22. The highest BCUT2D eigenvalue weighted by Gasteiger charge is 2.07. The monoisotopic (exact) mass is 301 g/mol. The van der Waals surface area contributed by atoms with Crippen molar-refractivity contribution >= 4 is 11.6 Å². The van der Waals surface area contributed by atoms with Crippen molar-refractivity contribution in [3.8, 4) is 5.75 Å². The predicted molar refractivity (Wildman–Crippen MR) is 85.8 cm³/mol. The summed E-state index contributed by atoms with van der Waals surface area (Å²) in [5, 5.41) is 2.76. The molecule has 0 aliphatic carbocycles. The van der Waals surface area contributed by atoms with Crippen LogP contribution in [0.2, 0.25) is 0 Å². The molecule has 22 heavy (non-hydrogen) atoms. The molecule has 0 aliphatic rings. The van der Waals surface area contributed by atoms with Crippen molar-refractivity contribution in [1.82, 2.24) is 0 Å². The number of nitrogens with one attached hydrogen (secondary N) is 1. The number of rotatable bonds is 5. The van der Waals surface area contributed by atoms with E-state index in [9.17, 15) is 9.18 Å². The molecule has 0 saturated carbocycles. The zero-order chi connectivity index (χ0) is 16.1. The van der Waals surface area contributed by atoms with E-state index in [-0.39, 0.29) is 18.1 Å². The van der Waals surface area contributed by atoms with Crippen molar-refractivity contribution in [2.75, 3.05) is 11.9 Å². The van der Waals surface area contributed by atoms with E-state index < -0.39 is 0 Å². The van der Waals surface area contributed by atoms with Crippen LogP contribution in [0.25, 0.3) is 0 Å². The van der Waals surface area contributed by atoms with Gasteiger partial charge in [-0.15, -0.1) is 0 Å². The van der Waals surface area contributed by atoms with Crippen LogP contribution in [0.3, 0.4) is 0 Å². The van der Waals surface area contributed by atoms with Crippen LogP contribution in [0.5, 0.6) is 5.75 Å². The molecule has 0 bridgehead atoms. The lowest BCUT2D eigenvalue weighted by atomic mass is 10.1. The number of hydrogen-bond donors (Lipinski definition) is 1. The number of anilines is 1. The second kappa shape index (κ2) is 7.07. The van der Waals surface area contributed by atoms with E-state index in [1.165, 1.54) is 12.1 Å². The van der Waals surface area contributed by atoms with Gasteiger partial charge in [-0.1, -0.05) is 12.1 Å². The molecule has 3 nitrogen and oxygen atoms in total. The van der Waals surface area contributed by atoms with E-state index in [1.807, 2.05) is 32.0 Å². The Labute approximate surface area is 130 Å². The number of carbonyl (C=O) groups excluding carboxylic acids is 1. The molecule has 2 aromatic carbocycles. The van der Waals surface area contributed by atoms with Crippen LogP contribution in [0, 0.1) is 26.6 Å². The average Bonchev–Trinajstić information content (AvgIpc) is 2.46. The average molecular weight is 301 g/mol. The van der Waals surface area contributed by atoms with Gasteiger partial charge in [0.05, 0.1) is 13.0 Å². The minimum atomic E-state index is -0.311. The van der Waals surface area contributed by atoms with Crippen LogP contribution in [-0.4, -0.2) is 12.5 Å². The quantitative estimate of drug-likeness (QED) is 0.900. The minimum absolute atomic E-state index is 0.153. The van der Waals surface area contributed by atoms with Crippen molar-refractivity contribution < 1.29 is 13.9 Å². The number of aryl methyl sites for hydroxylation is 3. The van der Waals surface area contributed by atoms with Gasteiger partial charge in [-0.2, -0.15) is 0 Å². The molecule has 116 valence electrons. The molecule has 0 fully saturated rings. The Morgan fingerprint density at radius 3 is 2.59 bits per heavy atom. The van der Waals surface area contributed by atoms with Crippen LogP contribution in [0.15, 0.2) is 36.4 Å². The highest BCUT2D eigenvalue weighted by atomic mass is 19.1. The normalized spacial score (nSPS) is 10.4. The molecule has 0 atom stereocenters. The zero-order valence-electron chi connectivity index (χ0n) is 13.1. The second-order valence-electron chi connectivity index (χ2n) is 5.37. The molecule has 2 rings (SSSR count). The molecule has 0 aromatic heterocycles. The molecule has 2 aromatic rings. The summed E-state index contributed by atoms with van der Waals surface area (Å²) in [5.41, 5.74) is 3.48. The van der Waals surface area contributed by atoms with Crippen molar-refractivity contribution in [2.45, 2.75) is 27.2 Å². The topological polar surface area (TPSA) is 38.3 Å². The first kappa shape index (κ1) is 16.0. The molecule has 0 saturated heterocycles. The van der Waals surface area contributed by atoms with Crippen molar-refractivity contribution in [1.29, 1.82) is 0 Å². The van der Waals surface area contributed by atoms with Crippen LogP contribution >= 0.6 is 0 Å². The third kappa shape index (κ3) is 4.32. The van der Waals surface area contributed by atoms with Gasteiger partial charge >= 0.3 is 0 Å². The molecule has 0 heterocycles. The van der Waals surface area contributed by atoms with Gasteiger partial charge < -0.3 is 10.1 Å². The van der Waals surface area contributed by atoms with E-state index >= 15 is 0 Å². The fraction of sp³-hybridized carbons (Fsp3) is 0.278.